The summed E-state index contributed by atoms with van der Waals surface area (Å²) in [4.78, 5) is 6.47. The minimum absolute atomic E-state index is 0.0656. The van der Waals surface area contributed by atoms with Gasteiger partial charge in [-0.1, -0.05) is 17.3 Å². The summed E-state index contributed by atoms with van der Waals surface area (Å²) < 4.78 is 43.6. The monoisotopic (exact) mass is 326 g/mol. The molecule has 0 aliphatic carbocycles. The van der Waals surface area contributed by atoms with Crippen LogP contribution in [0.4, 0.5) is 13.2 Å². The maximum atomic E-state index is 12.8. The molecule has 2 heterocycles. The van der Waals surface area contributed by atoms with Crippen molar-refractivity contribution in [2.75, 3.05) is 26.2 Å². The van der Waals surface area contributed by atoms with Gasteiger partial charge in [0.1, 0.15) is 0 Å². The highest BCUT2D eigenvalue weighted by Gasteiger charge is 2.31. The van der Waals surface area contributed by atoms with Crippen LogP contribution in [-0.2, 0) is 6.18 Å². The number of nitrogens with zero attached hydrogens (tertiary/aromatic N) is 3. The van der Waals surface area contributed by atoms with E-state index in [0.29, 0.717) is 11.5 Å². The minimum atomic E-state index is -4.39. The molecule has 0 saturated carbocycles. The number of benzene rings is 1. The number of aromatic nitrogens is 2. The fourth-order valence-corrected chi connectivity index (χ4v) is 2.58. The molecule has 5 nitrogen and oxygen atoms in total. The molecule has 0 bridgehead atoms. The minimum Gasteiger partial charge on any atom is -0.337 e. The van der Waals surface area contributed by atoms with E-state index in [2.05, 4.69) is 20.4 Å². The van der Waals surface area contributed by atoms with Gasteiger partial charge in [-0.3, -0.25) is 4.90 Å². The van der Waals surface area contributed by atoms with Crippen LogP contribution in [0.5, 0.6) is 0 Å². The third-order valence-corrected chi connectivity index (χ3v) is 3.95. The average molecular weight is 326 g/mol. The Morgan fingerprint density at radius 2 is 2.00 bits per heavy atom. The number of alkyl halides is 3. The van der Waals surface area contributed by atoms with Gasteiger partial charge in [0.25, 0.3) is 0 Å². The Kier molecular flexibility index (Phi) is 4.36. The lowest BCUT2D eigenvalue weighted by Crippen LogP contribution is -2.44. The lowest BCUT2D eigenvalue weighted by molar-refractivity contribution is -0.137. The predicted molar refractivity (Wildman–Crippen MR) is 77.6 cm³/mol. The van der Waals surface area contributed by atoms with Crippen molar-refractivity contribution in [2.24, 2.45) is 0 Å². The van der Waals surface area contributed by atoms with Gasteiger partial charge >= 0.3 is 6.18 Å². The van der Waals surface area contributed by atoms with Gasteiger partial charge < -0.3 is 9.84 Å². The maximum Gasteiger partial charge on any atom is 0.416 e. The second-order valence-corrected chi connectivity index (χ2v) is 5.50. The molecular formula is C15H17F3N4O. The van der Waals surface area contributed by atoms with E-state index in [0.717, 1.165) is 38.3 Å². The normalized spacial score (nSPS) is 18.1. The summed E-state index contributed by atoms with van der Waals surface area (Å²) in [5.74, 6) is 0.590. The SMILES string of the molecule is CC(c1nc(-c2cccc(C(F)(F)F)c2)no1)N1CCNCC1. The Hall–Kier alpha value is -1.93. The number of rotatable bonds is 3. The summed E-state index contributed by atoms with van der Waals surface area (Å²) in [7, 11) is 0. The topological polar surface area (TPSA) is 54.2 Å². The Balaban J connectivity index is 1.81. The molecular weight excluding hydrogens is 309 g/mol. The van der Waals surface area contributed by atoms with Crippen molar-refractivity contribution >= 4 is 0 Å². The van der Waals surface area contributed by atoms with Crippen LogP contribution in [0.3, 0.4) is 0 Å². The summed E-state index contributed by atoms with van der Waals surface area (Å²) in [5.41, 5.74) is -0.432. The highest BCUT2D eigenvalue weighted by Crippen LogP contribution is 2.31. The molecule has 1 aromatic heterocycles. The van der Waals surface area contributed by atoms with E-state index >= 15 is 0 Å². The Bertz CT molecular complexity index is 665. The highest BCUT2D eigenvalue weighted by atomic mass is 19.4. The fraction of sp³-hybridized carbons (Fsp3) is 0.467. The van der Waals surface area contributed by atoms with Crippen molar-refractivity contribution in [1.82, 2.24) is 20.4 Å². The van der Waals surface area contributed by atoms with Crippen LogP contribution in [0.1, 0.15) is 24.4 Å². The van der Waals surface area contributed by atoms with E-state index in [4.69, 9.17) is 4.52 Å². The van der Waals surface area contributed by atoms with Crippen molar-refractivity contribution in [1.29, 1.82) is 0 Å². The molecule has 2 aromatic rings. The first-order chi connectivity index (χ1) is 10.9. The first-order valence-electron chi connectivity index (χ1n) is 7.41. The summed E-state index contributed by atoms with van der Waals surface area (Å²) in [6, 6.07) is 4.87. The van der Waals surface area contributed by atoms with Gasteiger partial charge in [-0.05, 0) is 19.1 Å². The van der Waals surface area contributed by atoms with Gasteiger partial charge in [-0.2, -0.15) is 18.2 Å². The van der Waals surface area contributed by atoms with Crippen molar-refractivity contribution in [3.05, 3.63) is 35.7 Å². The molecule has 1 aliphatic heterocycles. The zero-order valence-electron chi connectivity index (χ0n) is 12.6. The first kappa shape index (κ1) is 15.9. The van der Waals surface area contributed by atoms with Gasteiger partial charge in [-0.15, -0.1) is 0 Å². The van der Waals surface area contributed by atoms with Crippen LogP contribution in [-0.4, -0.2) is 41.2 Å². The number of halogens is 3. The Morgan fingerprint density at radius 3 is 2.70 bits per heavy atom. The Morgan fingerprint density at radius 1 is 1.26 bits per heavy atom. The third-order valence-electron chi connectivity index (χ3n) is 3.95. The largest absolute Gasteiger partial charge is 0.416 e. The molecule has 0 spiro atoms. The lowest BCUT2D eigenvalue weighted by Gasteiger charge is -2.30. The molecule has 1 unspecified atom stereocenters. The number of hydrogen-bond donors (Lipinski definition) is 1. The fourth-order valence-electron chi connectivity index (χ4n) is 2.58. The molecule has 1 saturated heterocycles. The molecule has 23 heavy (non-hydrogen) atoms. The standard InChI is InChI=1S/C15H17F3N4O/c1-10(22-7-5-19-6-8-22)14-20-13(21-23-14)11-3-2-4-12(9-11)15(16,17)18/h2-4,9-10,19H,5-8H2,1H3. The van der Waals surface area contributed by atoms with Crippen molar-refractivity contribution in [3.63, 3.8) is 0 Å². The van der Waals surface area contributed by atoms with Crippen LogP contribution in [0.2, 0.25) is 0 Å². The quantitative estimate of drug-likeness (QED) is 0.940. The van der Waals surface area contributed by atoms with E-state index in [-0.39, 0.29) is 11.9 Å². The van der Waals surface area contributed by atoms with Crippen LogP contribution < -0.4 is 5.32 Å². The van der Waals surface area contributed by atoms with Crippen LogP contribution >= 0.6 is 0 Å². The smallest absolute Gasteiger partial charge is 0.337 e. The molecule has 1 aromatic carbocycles. The number of nitrogens with one attached hydrogen (secondary N) is 1. The second-order valence-electron chi connectivity index (χ2n) is 5.50. The zero-order valence-corrected chi connectivity index (χ0v) is 12.6. The summed E-state index contributed by atoms with van der Waals surface area (Å²) in [6.45, 7) is 5.46. The molecule has 1 N–H and O–H groups in total. The van der Waals surface area contributed by atoms with Crippen LogP contribution in [0.25, 0.3) is 11.4 Å². The van der Waals surface area contributed by atoms with Crippen LogP contribution in [0.15, 0.2) is 28.8 Å². The molecule has 8 heteroatoms. The molecule has 1 aliphatic rings. The average Bonchev–Trinajstić information content (AvgIpc) is 3.04. The molecule has 0 radical (unpaired) electrons. The predicted octanol–water partition coefficient (Wildman–Crippen LogP) is 2.72. The van der Waals surface area contributed by atoms with Gasteiger partial charge in [0.2, 0.25) is 11.7 Å². The summed E-state index contributed by atoms with van der Waals surface area (Å²) in [6.07, 6.45) is -4.39. The number of hydrogen-bond acceptors (Lipinski definition) is 5. The van der Waals surface area contributed by atoms with E-state index < -0.39 is 11.7 Å². The van der Waals surface area contributed by atoms with E-state index in [1.165, 1.54) is 6.07 Å². The number of piperazine rings is 1. The summed E-state index contributed by atoms with van der Waals surface area (Å²) >= 11 is 0. The Labute approximate surface area is 131 Å². The molecule has 1 atom stereocenters. The molecule has 124 valence electrons. The molecule has 1 fully saturated rings. The van der Waals surface area contributed by atoms with Gasteiger partial charge in [0, 0.05) is 31.7 Å². The molecule has 3 rings (SSSR count). The van der Waals surface area contributed by atoms with E-state index in [1.807, 2.05) is 6.92 Å². The summed E-state index contributed by atoms with van der Waals surface area (Å²) in [5, 5.41) is 7.09. The highest BCUT2D eigenvalue weighted by molar-refractivity contribution is 5.55. The lowest BCUT2D eigenvalue weighted by atomic mass is 10.1. The van der Waals surface area contributed by atoms with Gasteiger partial charge in [0.05, 0.1) is 11.6 Å². The van der Waals surface area contributed by atoms with Gasteiger partial charge in [0.15, 0.2) is 0 Å². The van der Waals surface area contributed by atoms with E-state index in [9.17, 15) is 13.2 Å². The van der Waals surface area contributed by atoms with Crippen LogP contribution in [0, 0.1) is 0 Å². The zero-order chi connectivity index (χ0) is 16.4. The van der Waals surface area contributed by atoms with E-state index in [1.54, 1.807) is 6.07 Å². The maximum absolute atomic E-state index is 12.8. The van der Waals surface area contributed by atoms with Crippen molar-refractivity contribution in [3.8, 4) is 11.4 Å². The molecule has 0 amide bonds. The van der Waals surface area contributed by atoms with Gasteiger partial charge in [-0.25, -0.2) is 0 Å². The third kappa shape index (κ3) is 3.53. The first-order valence-corrected chi connectivity index (χ1v) is 7.41. The second kappa shape index (κ2) is 6.29. The van der Waals surface area contributed by atoms with Crippen molar-refractivity contribution in [2.45, 2.75) is 19.1 Å². The van der Waals surface area contributed by atoms with Crippen molar-refractivity contribution < 1.29 is 17.7 Å².